The summed E-state index contributed by atoms with van der Waals surface area (Å²) >= 11 is 6.29. The van der Waals surface area contributed by atoms with Crippen molar-refractivity contribution in [2.24, 2.45) is 5.92 Å². The van der Waals surface area contributed by atoms with Gasteiger partial charge in [0.2, 0.25) is 0 Å². The number of hydrogen-bond donors (Lipinski definition) is 1. The number of benzene rings is 1. The highest BCUT2D eigenvalue weighted by atomic mass is 35.5. The molecule has 28 heavy (non-hydrogen) atoms. The summed E-state index contributed by atoms with van der Waals surface area (Å²) in [6.07, 6.45) is -0.997. The third-order valence-electron chi connectivity index (χ3n) is 3.89. The van der Waals surface area contributed by atoms with Crippen molar-refractivity contribution < 1.29 is 19.1 Å². The van der Waals surface area contributed by atoms with Gasteiger partial charge in [0.15, 0.2) is 6.10 Å². The first kappa shape index (κ1) is 21.8. The van der Waals surface area contributed by atoms with Crippen LogP contribution in [0.1, 0.15) is 43.7 Å². The lowest BCUT2D eigenvalue weighted by Gasteiger charge is -2.14. The van der Waals surface area contributed by atoms with Crippen molar-refractivity contribution >= 4 is 29.2 Å². The van der Waals surface area contributed by atoms with Crippen LogP contribution in [0.4, 0.5) is 5.69 Å². The minimum Gasteiger partial charge on any atom is -0.494 e. The molecule has 1 aromatic heterocycles. The second kappa shape index (κ2) is 9.59. The minimum atomic E-state index is -0.997. The Morgan fingerprint density at radius 2 is 1.86 bits per heavy atom. The number of anilines is 1. The Kier molecular flexibility index (Phi) is 7.45. The lowest BCUT2D eigenvalue weighted by Crippen LogP contribution is -2.30. The van der Waals surface area contributed by atoms with Gasteiger partial charge in [-0.2, -0.15) is 5.10 Å². The van der Waals surface area contributed by atoms with Crippen molar-refractivity contribution in [3.8, 4) is 5.75 Å². The maximum absolute atomic E-state index is 12.5. The Morgan fingerprint density at radius 3 is 2.43 bits per heavy atom. The van der Waals surface area contributed by atoms with Crippen LogP contribution in [0.2, 0.25) is 5.15 Å². The number of aromatic nitrogens is 2. The Balaban J connectivity index is 2.01. The molecular weight excluding hydrogens is 382 g/mol. The molecule has 7 nitrogen and oxygen atoms in total. The number of aryl methyl sites for hydroxylation is 1. The third kappa shape index (κ3) is 5.48. The zero-order valence-corrected chi connectivity index (χ0v) is 17.5. The first-order valence-corrected chi connectivity index (χ1v) is 9.58. The van der Waals surface area contributed by atoms with Crippen LogP contribution in [0.3, 0.4) is 0 Å². The van der Waals surface area contributed by atoms with Crippen molar-refractivity contribution in [3.05, 3.63) is 40.7 Å². The molecule has 0 aliphatic heterocycles. The second-order valence-corrected chi connectivity index (χ2v) is 7.18. The van der Waals surface area contributed by atoms with Crippen LogP contribution in [0.25, 0.3) is 0 Å². The fourth-order valence-corrected chi connectivity index (χ4v) is 2.89. The molecule has 152 valence electrons. The SMILES string of the molecule is CCOc1ccc(NC(=O)[C@H](C)OC(=O)c2c(C)nn(CC(C)C)c2Cl)cc1. The number of esters is 1. The van der Waals surface area contributed by atoms with E-state index in [1.165, 1.54) is 6.92 Å². The first-order chi connectivity index (χ1) is 13.2. The van der Waals surface area contributed by atoms with E-state index in [0.29, 0.717) is 36.2 Å². The van der Waals surface area contributed by atoms with E-state index in [0.717, 1.165) is 0 Å². The molecule has 0 saturated carbocycles. The van der Waals surface area contributed by atoms with Gasteiger partial charge < -0.3 is 14.8 Å². The number of ether oxygens (including phenoxy) is 2. The molecule has 0 spiro atoms. The van der Waals surface area contributed by atoms with Crippen LogP contribution in [0.15, 0.2) is 24.3 Å². The number of nitrogens with one attached hydrogen (secondary N) is 1. The molecule has 1 atom stereocenters. The minimum absolute atomic E-state index is 0.183. The van der Waals surface area contributed by atoms with Gasteiger partial charge in [-0.15, -0.1) is 0 Å². The van der Waals surface area contributed by atoms with Gasteiger partial charge in [0.05, 0.1) is 12.3 Å². The van der Waals surface area contributed by atoms with Gasteiger partial charge in [-0.25, -0.2) is 4.79 Å². The van der Waals surface area contributed by atoms with Gasteiger partial charge in [-0.1, -0.05) is 25.4 Å². The fraction of sp³-hybridized carbons (Fsp3) is 0.450. The Labute approximate surface area is 170 Å². The number of hydrogen-bond acceptors (Lipinski definition) is 5. The molecule has 8 heteroatoms. The molecule has 0 saturated heterocycles. The number of nitrogens with zero attached hydrogens (tertiary/aromatic N) is 2. The summed E-state index contributed by atoms with van der Waals surface area (Å²) in [4.78, 5) is 24.8. The normalized spacial score (nSPS) is 12.0. The van der Waals surface area contributed by atoms with Gasteiger partial charge in [-0.05, 0) is 51.0 Å². The molecule has 0 aliphatic rings. The molecule has 1 N–H and O–H groups in total. The first-order valence-electron chi connectivity index (χ1n) is 9.20. The van der Waals surface area contributed by atoms with E-state index in [1.807, 2.05) is 20.8 Å². The van der Waals surface area contributed by atoms with Crippen molar-refractivity contribution in [1.82, 2.24) is 9.78 Å². The van der Waals surface area contributed by atoms with E-state index in [-0.39, 0.29) is 10.7 Å². The molecular formula is C20H26ClN3O4. The summed E-state index contributed by atoms with van der Waals surface area (Å²) in [6.45, 7) is 10.3. The molecule has 2 aromatic rings. The topological polar surface area (TPSA) is 82.4 Å². The number of carbonyl (C=O) groups excluding carboxylic acids is 2. The highest BCUT2D eigenvalue weighted by Gasteiger charge is 2.26. The maximum atomic E-state index is 12.5. The van der Waals surface area contributed by atoms with Gasteiger partial charge in [0.1, 0.15) is 16.5 Å². The molecule has 0 bridgehead atoms. The Hall–Kier alpha value is -2.54. The number of carbonyl (C=O) groups is 2. The van der Waals surface area contributed by atoms with Crippen LogP contribution in [0, 0.1) is 12.8 Å². The average Bonchev–Trinajstić information content (AvgIpc) is 2.89. The number of halogens is 1. The largest absolute Gasteiger partial charge is 0.494 e. The Bertz CT molecular complexity index is 831. The summed E-state index contributed by atoms with van der Waals surface area (Å²) in [5.74, 6) is -0.0873. The summed E-state index contributed by atoms with van der Waals surface area (Å²) in [5, 5.41) is 7.21. The predicted molar refractivity (Wildman–Crippen MR) is 108 cm³/mol. The summed E-state index contributed by atoms with van der Waals surface area (Å²) in [6, 6.07) is 6.94. The molecule has 1 heterocycles. The maximum Gasteiger partial charge on any atom is 0.343 e. The van der Waals surface area contributed by atoms with Gasteiger partial charge in [0.25, 0.3) is 5.91 Å². The van der Waals surface area contributed by atoms with E-state index in [9.17, 15) is 9.59 Å². The molecule has 0 unspecified atom stereocenters. The lowest BCUT2D eigenvalue weighted by molar-refractivity contribution is -0.123. The standard InChI is InChI=1S/C20H26ClN3O4/c1-6-27-16-9-7-15(8-10-16)22-19(25)14(5)28-20(26)17-13(4)23-24(18(17)21)11-12(2)3/h7-10,12,14H,6,11H2,1-5H3,(H,22,25)/t14-/m0/s1. The fourth-order valence-electron chi connectivity index (χ4n) is 2.57. The molecule has 1 amide bonds. The van der Waals surface area contributed by atoms with Crippen LogP contribution in [-0.2, 0) is 16.1 Å². The third-order valence-corrected chi connectivity index (χ3v) is 4.28. The smallest absolute Gasteiger partial charge is 0.343 e. The monoisotopic (exact) mass is 407 g/mol. The summed E-state index contributed by atoms with van der Waals surface area (Å²) in [7, 11) is 0. The predicted octanol–water partition coefficient (Wildman–Crippen LogP) is 4.08. The van der Waals surface area contributed by atoms with E-state index < -0.39 is 18.0 Å². The molecule has 2 rings (SSSR count). The molecule has 0 aliphatic carbocycles. The average molecular weight is 408 g/mol. The van der Waals surface area contributed by atoms with E-state index in [1.54, 1.807) is 35.9 Å². The highest BCUT2D eigenvalue weighted by Crippen LogP contribution is 2.22. The van der Waals surface area contributed by atoms with Crippen molar-refractivity contribution in [1.29, 1.82) is 0 Å². The highest BCUT2D eigenvalue weighted by molar-refractivity contribution is 6.32. The van der Waals surface area contributed by atoms with Crippen molar-refractivity contribution in [2.45, 2.75) is 47.3 Å². The molecule has 0 radical (unpaired) electrons. The van der Waals surface area contributed by atoms with Crippen LogP contribution in [0.5, 0.6) is 5.75 Å². The van der Waals surface area contributed by atoms with Crippen LogP contribution in [-0.4, -0.2) is 34.4 Å². The van der Waals surface area contributed by atoms with E-state index in [4.69, 9.17) is 21.1 Å². The lowest BCUT2D eigenvalue weighted by atomic mass is 10.2. The second-order valence-electron chi connectivity index (χ2n) is 6.82. The van der Waals surface area contributed by atoms with Gasteiger partial charge in [0, 0.05) is 12.2 Å². The van der Waals surface area contributed by atoms with Crippen molar-refractivity contribution in [3.63, 3.8) is 0 Å². The van der Waals surface area contributed by atoms with Crippen LogP contribution < -0.4 is 10.1 Å². The van der Waals surface area contributed by atoms with Crippen molar-refractivity contribution in [2.75, 3.05) is 11.9 Å². The zero-order valence-electron chi connectivity index (χ0n) is 16.8. The molecule has 0 fully saturated rings. The van der Waals surface area contributed by atoms with E-state index in [2.05, 4.69) is 10.4 Å². The Morgan fingerprint density at radius 1 is 1.21 bits per heavy atom. The quantitative estimate of drug-likeness (QED) is 0.666. The van der Waals surface area contributed by atoms with E-state index >= 15 is 0 Å². The van der Waals surface area contributed by atoms with Gasteiger partial charge in [-0.3, -0.25) is 9.48 Å². The number of rotatable bonds is 8. The number of amides is 1. The molecule has 1 aromatic carbocycles. The van der Waals surface area contributed by atoms with Crippen LogP contribution >= 0.6 is 11.6 Å². The summed E-state index contributed by atoms with van der Waals surface area (Å²) in [5.41, 5.74) is 1.23. The summed E-state index contributed by atoms with van der Waals surface area (Å²) < 4.78 is 12.2. The van der Waals surface area contributed by atoms with Gasteiger partial charge >= 0.3 is 5.97 Å². The zero-order chi connectivity index (χ0) is 20.8.